The fraction of sp³-hybridized carbons (Fsp3) is 0.381. The van der Waals surface area contributed by atoms with Gasteiger partial charge in [0.05, 0.1) is 6.54 Å². The van der Waals surface area contributed by atoms with Crippen LogP contribution in [0.25, 0.3) is 0 Å². The second kappa shape index (κ2) is 8.32. The second-order valence-corrected chi connectivity index (χ2v) is 6.93. The number of amides is 1. The molecular weight excluding hydrogens is 329 g/mol. The third kappa shape index (κ3) is 4.61. The summed E-state index contributed by atoms with van der Waals surface area (Å²) in [6, 6.07) is 14.5. The van der Waals surface area contributed by atoms with E-state index >= 15 is 0 Å². The third-order valence-electron chi connectivity index (χ3n) is 5.03. The molecular formula is C21H26FN3O. The van der Waals surface area contributed by atoms with Gasteiger partial charge in [0.15, 0.2) is 0 Å². The van der Waals surface area contributed by atoms with Gasteiger partial charge in [0.1, 0.15) is 5.82 Å². The summed E-state index contributed by atoms with van der Waals surface area (Å²) in [4.78, 5) is 16.6. The number of carbonyl (C=O) groups is 1. The molecule has 1 unspecified atom stereocenters. The van der Waals surface area contributed by atoms with Crippen LogP contribution in [0.5, 0.6) is 0 Å². The first kappa shape index (κ1) is 18.4. The van der Waals surface area contributed by atoms with Gasteiger partial charge >= 0.3 is 0 Å². The summed E-state index contributed by atoms with van der Waals surface area (Å²) in [6.07, 6.45) is 2.49. The molecule has 26 heavy (non-hydrogen) atoms. The highest BCUT2D eigenvalue weighted by Gasteiger charge is 2.16. The summed E-state index contributed by atoms with van der Waals surface area (Å²) in [5.74, 6) is -0.311. The predicted molar refractivity (Wildman–Crippen MR) is 104 cm³/mol. The minimum Gasteiger partial charge on any atom is -0.372 e. The van der Waals surface area contributed by atoms with Crippen molar-refractivity contribution in [2.45, 2.75) is 25.8 Å². The van der Waals surface area contributed by atoms with Gasteiger partial charge in [0.2, 0.25) is 5.91 Å². The molecule has 2 aromatic carbocycles. The minimum absolute atomic E-state index is 0.0268. The van der Waals surface area contributed by atoms with Crippen LogP contribution in [0, 0.1) is 5.82 Å². The summed E-state index contributed by atoms with van der Waals surface area (Å²) >= 11 is 0. The molecule has 1 saturated heterocycles. The molecule has 0 aliphatic carbocycles. The van der Waals surface area contributed by atoms with Gasteiger partial charge in [-0.05, 0) is 68.8 Å². The topological polar surface area (TPSA) is 35.6 Å². The maximum atomic E-state index is 13.1. The molecule has 0 radical (unpaired) electrons. The van der Waals surface area contributed by atoms with E-state index in [2.05, 4.69) is 22.3 Å². The van der Waals surface area contributed by atoms with E-state index in [0.29, 0.717) is 0 Å². The van der Waals surface area contributed by atoms with Crippen LogP contribution < -0.4 is 10.2 Å². The maximum Gasteiger partial charge on any atom is 0.238 e. The Morgan fingerprint density at radius 3 is 2.35 bits per heavy atom. The molecule has 5 heteroatoms. The molecule has 4 nitrogen and oxygen atoms in total. The van der Waals surface area contributed by atoms with Crippen LogP contribution in [-0.4, -0.2) is 37.5 Å². The number of benzene rings is 2. The van der Waals surface area contributed by atoms with Gasteiger partial charge < -0.3 is 10.2 Å². The summed E-state index contributed by atoms with van der Waals surface area (Å²) in [5, 5.41) is 2.95. The average molecular weight is 355 g/mol. The summed E-state index contributed by atoms with van der Waals surface area (Å²) in [6.45, 7) is 4.49. The van der Waals surface area contributed by atoms with Crippen molar-refractivity contribution < 1.29 is 9.18 Å². The molecule has 2 aromatic rings. The van der Waals surface area contributed by atoms with E-state index in [1.54, 1.807) is 12.1 Å². The van der Waals surface area contributed by atoms with E-state index in [1.807, 2.05) is 31.0 Å². The Morgan fingerprint density at radius 2 is 1.73 bits per heavy atom. The first-order valence-corrected chi connectivity index (χ1v) is 9.13. The molecule has 0 aromatic heterocycles. The molecule has 3 rings (SSSR count). The zero-order valence-electron chi connectivity index (χ0n) is 15.4. The highest BCUT2D eigenvalue weighted by Crippen LogP contribution is 2.22. The number of rotatable bonds is 6. The molecule has 1 heterocycles. The van der Waals surface area contributed by atoms with Crippen LogP contribution in [0.1, 0.15) is 31.4 Å². The lowest BCUT2D eigenvalue weighted by Crippen LogP contribution is -2.32. The summed E-state index contributed by atoms with van der Waals surface area (Å²) < 4.78 is 13.1. The average Bonchev–Trinajstić information content (AvgIpc) is 3.17. The van der Waals surface area contributed by atoms with Crippen LogP contribution >= 0.6 is 0 Å². The van der Waals surface area contributed by atoms with E-state index < -0.39 is 0 Å². The van der Waals surface area contributed by atoms with Crippen LogP contribution in [0.3, 0.4) is 0 Å². The van der Waals surface area contributed by atoms with Crippen LogP contribution in [0.2, 0.25) is 0 Å². The Morgan fingerprint density at radius 1 is 1.12 bits per heavy atom. The fourth-order valence-electron chi connectivity index (χ4n) is 3.29. The number of nitrogens with one attached hydrogen (secondary N) is 1. The normalized spacial score (nSPS) is 15.3. The molecule has 1 aliphatic rings. The summed E-state index contributed by atoms with van der Waals surface area (Å²) in [5.41, 5.74) is 3.00. The molecule has 138 valence electrons. The molecule has 0 spiro atoms. The Hall–Kier alpha value is -2.40. The molecule has 1 fully saturated rings. The van der Waals surface area contributed by atoms with Crippen molar-refractivity contribution in [2.24, 2.45) is 0 Å². The lowest BCUT2D eigenvalue weighted by atomic mass is 10.1. The lowest BCUT2D eigenvalue weighted by Gasteiger charge is -2.24. The standard InChI is InChI=1S/C21H26FN3O/c1-16(17-5-7-18(22)8-6-17)24(2)15-21(26)23-19-9-11-20(12-10-19)25-13-3-4-14-25/h5-12,16H,3-4,13-15H2,1-2H3,(H,23,26). The number of halogens is 1. The molecule has 1 atom stereocenters. The van der Waals surface area contributed by atoms with Gasteiger partial charge in [-0.1, -0.05) is 12.1 Å². The van der Waals surface area contributed by atoms with Crippen molar-refractivity contribution in [1.82, 2.24) is 4.90 Å². The van der Waals surface area contributed by atoms with Crippen molar-refractivity contribution >= 4 is 17.3 Å². The third-order valence-corrected chi connectivity index (χ3v) is 5.03. The first-order valence-electron chi connectivity index (χ1n) is 9.13. The molecule has 1 amide bonds. The van der Waals surface area contributed by atoms with Gasteiger partial charge in [-0.2, -0.15) is 0 Å². The monoisotopic (exact) mass is 355 g/mol. The predicted octanol–water partition coefficient (Wildman–Crippen LogP) is 4.06. The van der Waals surface area contributed by atoms with E-state index in [-0.39, 0.29) is 24.3 Å². The summed E-state index contributed by atoms with van der Waals surface area (Å²) in [7, 11) is 1.89. The Balaban J connectivity index is 1.53. The van der Waals surface area contributed by atoms with Crippen molar-refractivity contribution in [3.63, 3.8) is 0 Å². The highest BCUT2D eigenvalue weighted by atomic mass is 19.1. The van der Waals surface area contributed by atoms with E-state index in [9.17, 15) is 9.18 Å². The quantitative estimate of drug-likeness (QED) is 0.849. The van der Waals surface area contributed by atoms with E-state index in [1.165, 1.54) is 30.7 Å². The zero-order chi connectivity index (χ0) is 18.5. The molecule has 0 saturated carbocycles. The SMILES string of the molecule is CC(c1ccc(F)cc1)N(C)CC(=O)Nc1ccc(N2CCCC2)cc1. The van der Waals surface area contributed by atoms with E-state index in [0.717, 1.165) is 24.3 Å². The van der Waals surface area contributed by atoms with Gasteiger partial charge in [-0.3, -0.25) is 9.69 Å². The molecule has 1 N–H and O–H groups in total. The van der Waals surface area contributed by atoms with E-state index in [4.69, 9.17) is 0 Å². The Kier molecular flexibility index (Phi) is 5.89. The first-order chi connectivity index (χ1) is 12.5. The zero-order valence-corrected chi connectivity index (χ0v) is 15.4. The van der Waals surface area contributed by atoms with Gasteiger partial charge in [0.25, 0.3) is 0 Å². The van der Waals surface area contributed by atoms with Crippen LogP contribution in [0.4, 0.5) is 15.8 Å². The number of hydrogen-bond acceptors (Lipinski definition) is 3. The van der Waals surface area contributed by atoms with Crippen LogP contribution in [-0.2, 0) is 4.79 Å². The second-order valence-electron chi connectivity index (χ2n) is 6.93. The lowest BCUT2D eigenvalue weighted by molar-refractivity contribution is -0.117. The Labute approximate surface area is 154 Å². The smallest absolute Gasteiger partial charge is 0.238 e. The van der Waals surface area contributed by atoms with Crippen molar-refractivity contribution in [3.05, 3.63) is 59.9 Å². The van der Waals surface area contributed by atoms with Crippen LogP contribution in [0.15, 0.2) is 48.5 Å². The number of nitrogens with zero attached hydrogens (tertiary/aromatic N) is 2. The van der Waals surface area contributed by atoms with Gasteiger partial charge in [-0.25, -0.2) is 4.39 Å². The van der Waals surface area contributed by atoms with Crippen molar-refractivity contribution in [2.75, 3.05) is 36.9 Å². The number of anilines is 2. The number of carbonyl (C=O) groups excluding carboxylic acids is 1. The van der Waals surface area contributed by atoms with Crippen molar-refractivity contribution in [3.8, 4) is 0 Å². The number of hydrogen-bond donors (Lipinski definition) is 1. The fourth-order valence-corrected chi connectivity index (χ4v) is 3.29. The maximum absolute atomic E-state index is 13.1. The number of likely N-dealkylation sites (N-methyl/N-ethyl adjacent to an activating group) is 1. The van der Waals surface area contributed by atoms with Gasteiger partial charge in [0, 0.05) is 30.5 Å². The minimum atomic E-state index is -0.251. The van der Waals surface area contributed by atoms with Gasteiger partial charge in [-0.15, -0.1) is 0 Å². The van der Waals surface area contributed by atoms with Crippen molar-refractivity contribution in [1.29, 1.82) is 0 Å². The molecule has 1 aliphatic heterocycles. The largest absolute Gasteiger partial charge is 0.372 e. The highest BCUT2D eigenvalue weighted by molar-refractivity contribution is 5.92. The molecule has 0 bridgehead atoms. The Bertz CT molecular complexity index is 724.